The van der Waals surface area contributed by atoms with Crippen molar-refractivity contribution in [3.63, 3.8) is 0 Å². The average Bonchev–Trinajstić information content (AvgIpc) is 3.24. The van der Waals surface area contributed by atoms with Gasteiger partial charge in [0.15, 0.2) is 18.1 Å². The molecule has 31 heavy (non-hydrogen) atoms. The smallest absolute Gasteiger partial charge is 0.262 e. The molecule has 2 aromatic rings. The monoisotopic (exact) mass is 425 g/mol. The van der Waals surface area contributed by atoms with Gasteiger partial charge >= 0.3 is 0 Å². The molecule has 3 rings (SSSR count). The topological polar surface area (TPSA) is 62.8 Å². The first-order chi connectivity index (χ1) is 15.0. The Bertz CT molecular complexity index is 833. The van der Waals surface area contributed by atoms with Crippen molar-refractivity contribution in [2.75, 3.05) is 39.2 Å². The third kappa shape index (κ3) is 6.45. The first kappa shape index (κ1) is 23.1. The van der Waals surface area contributed by atoms with Crippen molar-refractivity contribution in [3.05, 3.63) is 54.1 Å². The molecule has 0 bridgehead atoms. The molecule has 1 saturated carbocycles. The summed E-state index contributed by atoms with van der Waals surface area (Å²) in [4.78, 5) is 14.6. The largest absolute Gasteiger partial charge is 0.490 e. The van der Waals surface area contributed by atoms with E-state index in [-0.39, 0.29) is 18.1 Å². The number of anilines is 1. The van der Waals surface area contributed by atoms with Crippen LogP contribution in [0.4, 0.5) is 5.69 Å². The lowest BCUT2D eigenvalue weighted by Gasteiger charge is -2.36. The molecule has 0 atom stereocenters. The van der Waals surface area contributed by atoms with E-state index in [1.54, 1.807) is 0 Å². The molecule has 6 heteroatoms. The highest BCUT2D eigenvalue weighted by Gasteiger charge is 2.35. The number of para-hydroxylation sites is 1. The van der Waals surface area contributed by atoms with Gasteiger partial charge in [-0.25, -0.2) is 0 Å². The predicted molar refractivity (Wildman–Crippen MR) is 125 cm³/mol. The fourth-order valence-electron chi connectivity index (χ4n) is 4.17. The number of nitrogens with zero attached hydrogens (tertiary/aromatic N) is 1. The molecule has 0 aromatic heterocycles. The molecule has 0 unspecified atom stereocenters. The Labute approximate surface area is 185 Å². The molecule has 168 valence electrons. The first-order valence-corrected chi connectivity index (χ1v) is 11.1. The van der Waals surface area contributed by atoms with Gasteiger partial charge in [0.2, 0.25) is 0 Å². The number of likely N-dealkylation sites (N-methyl/N-ethyl adjacent to an activating group) is 1. The van der Waals surface area contributed by atoms with E-state index in [0.717, 1.165) is 24.3 Å². The second-order valence-corrected chi connectivity index (χ2v) is 8.35. The summed E-state index contributed by atoms with van der Waals surface area (Å²) in [6.07, 6.45) is 5.10. The van der Waals surface area contributed by atoms with Gasteiger partial charge in [-0.1, -0.05) is 37.1 Å². The van der Waals surface area contributed by atoms with Gasteiger partial charge in [0.1, 0.15) is 0 Å². The van der Waals surface area contributed by atoms with Crippen LogP contribution >= 0.6 is 0 Å². The quantitative estimate of drug-likeness (QED) is 0.568. The van der Waals surface area contributed by atoms with E-state index >= 15 is 0 Å². The minimum atomic E-state index is -0.204. The summed E-state index contributed by atoms with van der Waals surface area (Å²) in [6.45, 7) is 4.15. The van der Waals surface area contributed by atoms with Crippen LogP contribution in [-0.2, 0) is 11.3 Å². The fraction of sp³-hybridized carbons (Fsp3) is 0.480. The number of hydrogen-bond donors (Lipinski definition) is 2. The van der Waals surface area contributed by atoms with Crippen LogP contribution in [0.15, 0.2) is 48.5 Å². The molecular formula is C25H35N3O3. The second kappa shape index (κ2) is 11.2. The molecule has 0 spiro atoms. The average molecular weight is 426 g/mol. The third-order valence-corrected chi connectivity index (χ3v) is 5.99. The van der Waals surface area contributed by atoms with E-state index < -0.39 is 0 Å². The molecule has 6 nitrogen and oxygen atoms in total. The molecule has 1 aliphatic rings. The zero-order valence-corrected chi connectivity index (χ0v) is 18.9. The van der Waals surface area contributed by atoms with Crippen LogP contribution in [0.5, 0.6) is 11.5 Å². The molecule has 0 aliphatic heterocycles. The number of amides is 1. The molecule has 0 saturated heterocycles. The summed E-state index contributed by atoms with van der Waals surface area (Å²) < 4.78 is 11.5. The number of hydrogen-bond acceptors (Lipinski definition) is 5. The fourth-order valence-corrected chi connectivity index (χ4v) is 4.17. The molecule has 1 amide bonds. The Morgan fingerprint density at radius 1 is 1.03 bits per heavy atom. The van der Waals surface area contributed by atoms with Crippen LogP contribution in [0.3, 0.4) is 0 Å². The van der Waals surface area contributed by atoms with Crippen LogP contribution in [0.2, 0.25) is 0 Å². The summed E-state index contributed by atoms with van der Waals surface area (Å²) in [5.74, 6) is 1.04. The minimum absolute atomic E-state index is 0.0715. The Balaban J connectivity index is 1.55. The van der Waals surface area contributed by atoms with Crippen molar-refractivity contribution in [2.45, 2.75) is 44.7 Å². The standard InChI is InChI=1S/C25H35N3O3/c1-4-30-23-16-20(17-26-19-25(28(2)3)14-8-9-15-25)12-13-22(23)31-18-24(29)27-21-10-6-5-7-11-21/h5-7,10-13,16,26H,4,8-9,14-15,17-19H2,1-3H3,(H,27,29). The highest BCUT2D eigenvalue weighted by atomic mass is 16.5. The first-order valence-electron chi connectivity index (χ1n) is 11.1. The zero-order chi connectivity index (χ0) is 22.1. The lowest BCUT2D eigenvalue weighted by atomic mass is 9.96. The third-order valence-electron chi connectivity index (χ3n) is 5.99. The molecular weight excluding hydrogens is 390 g/mol. The summed E-state index contributed by atoms with van der Waals surface area (Å²) in [7, 11) is 4.36. The highest BCUT2D eigenvalue weighted by Crippen LogP contribution is 2.33. The van der Waals surface area contributed by atoms with Crippen LogP contribution in [0, 0.1) is 0 Å². The lowest BCUT2D eigenvalue weighted by Crippen LogP contribution is -2.49. The maximum atomic E-state index is 12.2. The van der Waals surface area contributed by atoms with Crippen LogP contribution in [-0.4, -0.2) is 50.2 Å². The Morgan fingerprint density at radius 2 is 1.77 bits per heavy atom. The van der Waals surface area contributed by atoms with Crippen molar-refractivity contribution >= 4 is 11.6 Å². The van der Waals surface area contributed by atoms with Gasteiger partial charge in [-0.2, -0.15) is 0 Å². The van der Waals surface area contributed by atoms with Crippen molar-refractivity contribution < 1.29 is 14.3 Å². The molecule has 1 aliphatic carbocycles. The van der Waals surface area contributed by atoms with E-state index in [0.29, 0.717) is 18.1 Å². The van der Waals surface area contributed by atoms with E-state index in [1.165, 1.54) is 25.7 Å². The lowest BCUT2D eigenvalue weighted by molar-refractivity contribution is -0.118. The Kier molecular flexibility index (Phi) is 8.32. The number of ether oxygens (including phenoxy) is 2. The van der Waals surface area contributed by atoms with Gasteiger partial charge in [0, 0.05) is 24.3 Å². The van der Waals surface area contributed by atoms with E-state index in [4.69, 9.17) is 9.47 Å². The maximum absolute atomic E-state index is 12.2. The van der Waals surface area contributed by atoms with Gasteiger partial charge in [0.25, 0.3) is 5.91 Å². The minimum Gasteiger partial charge on any atom is -0.490 e. The maximum Gasteiger partial charge on any atom is 0.262 e. The summed E-state index contributed by atoms with van der Waals surface area (Å²) in [6, 6.07) is 15.3. The van der Waals surface area contributed by atoms with E-state index in [9.17, 15) is 4.79 Å². The van der Waals surface area contributed by atoms with E-state index in [1.807, 2.05) is 55.5 Å². The van der Waals surface area contributed by atoms with E-state index in [2.05, 4.69) is 29.6 Å². The second-order valence-electron chi connectivity index (χ2n) is 8.35. The molecule has 0 radical (unpaired) electrons. The van der Waals surface area contributed by atoms with Crippen molar-refractivity contribution in [1.82, 2.24) is 10.2 Å². The number of carbonyl (C=O) groups excluding carboxylic acids is 1. The van der Waals surface area contributed by atoms with Gasteiger partial charge in [-0.15, -0.1) is 0 Å². The van der Waals surface area contributed by atoms with Gasteiger partial charge in [-0.3, -0.25) is 4.79 Å². The number of benzene rings is 2. The highest BCUT2D eigenvalue weighted by molar-refractivity contribution is 5.91. The number of nitrogens with one attached hydrogen (secondary N) is 2. The Morgan fingerprint density at radius 3 is 2.45 bits per heavy atom. The van der Waals surface area contributed by atoms with Crippen LogP contribution < -0.4 is 20.1 Å². The van der Waals surface area contributed by atoms with Crippen molar-refractivity contribution in [1.29, 1.82) is 0 Å². The van der Waals surface area contributed by atoms with Gasteiger partial charge in [0.05, 0.1) is 6.61 Å². The SMILES string of the molecule is CCOc1cc(CNCC2(N(C)C)CCCC2)ccc1OCC(=O)Nc1ccccc1. The summed E-state index contributed by atoms with van der Waals surface area (Å²) in [5, 5.41) is 6.45. The predicted octanol–water partition coefficient (Wildman–Crippen LogP) is 4.07. The normalized spacial score (nSPS) is 15.1. The number of carbonyl (C=O) groups is 1. The van der Waals surface area contributed by atoms with Crippen molar-refractivity contribution in [2.24, 2.45) is 0 Å². The van der Waals surface area contributed by atoms with Crippen LogP contribution in [0.25, 0.3) is 0 Å². The van der Waals surface area contributed by atoms with Crippen molar-refractivity contribution in [3.8, 4) is 11.5 Å². The number of rotatable bonds is 11. The van der Waals surface area contributed by atoms with Gasteiger partial charge in [-0.05, 0) is 63.7 Å². The molecule has 2 N–H and O–H groups in total. The molecule has 1 fully saturated rings. The molecule has 2 aromatic carbocycles. The Hall–Kier alpha value is -2.57. The van der Waals surface area contributed by atoms with Gasteiger partial charge < -0.3 is 25.0 Å². The molecule has 0 heterocycles. The summed E-state index contributed by atoms with van der Waals surface area (Å²) in [5.41, 5.74) is 2.15. The zero-order valence-electron chi connectivity index (χ0n) is 18.9. The van der Waals surface area contributed by atoms with Crippen LogP contribution in [0.1, 0.15) is 38.2 Å². The summed E-state index contributed by atoms with van der Waals surface area (Å²) >= 11 is 0.